The molecule has 2 atom stereocenters. The SMILES string of the molecule is Clc1cc(Nc2ncnc3ccc(NC4=NC5CCNCC5O4)cc23)ccc1OCc1ccccn1. The maximum Gasteiger partial charge on any atom is 0.290 e. The van der Waals surface area contributed by atoms with Crippen molar-refractivity contribution in [3.63, 3.8) is 0 Å². The molecule has 1 fully saturated rings. The number of nitrogens with one attached hydrogen (secondary N) is 3. The first-order chi connectivity index (χ1) is 17.7. The summed E-state index contributed by atoms with van der Waals surface area (Å²) in [4.78, 5) is 17.8. The Bertz CT molecular complexity index is 1420. The lowest BCUT2D eigenvalue weighted by molar-refractivity contribution is 0.165. The third-order valence-corrected chi connectivity index (χ3v) is 6.42. The number of hydrogen-bond acceptors (Lipinski definition) is 9. The lowest BCUT2D eigenvalue weighted by Gasteiger charge is -2.22. The second kappa shape index (κ2) is 9.96. The lowest BCUT2D eigenvalue weighted by atomic mass is 10.1. The number of ether oxygens (including phenoxy) is 2. The molecule has 0 amide bonds. The summed E-state index contributed by atoms with van der Waals surface area (Å²) in [6, 6.07) is 17.9. The summed E-state index contributed by atoms with van der Waals surface area (Å²) in [5.41, 5.74) is 3.27. The fourth-order valence-corrected chi connectivity index (χ4v) is 4.53. The van der Waals surface area contributed by atoms with Crippen LogP contribution < -0.4 is 20.7 Å². The number of amidine groups is 1. The van der Waals surface area contributed by atoms with E-state index >= 15 is 0 Å². The van der Waals surface area contributed by atoms with E-state index in [9.17, 15) is 0 Å². The van der Waals surface area contributed by atoms with E-state index in [-0.39, 0.29) is 12.1 Å². The van der Waals surface area contributed by atoms with Crippen LogP contribution in [0, 0.1) is 0 Å². The molecule has 1 saturated heterocycles. The molecule has 0 spiro atoms. The molecule has 4 aromatic rings. The van der Waals surface area contributed by atoms with E-state index in [1.165, 1.54) is 6.33 Å². The van der Waals surface area contributed by atoms with Gasteiger partial charge in [0.1, 0.15) is 30.6 Å². The summed E-state index contributed by atoms with van der Waals surface area (Å²) in [7, 11) is 0. The maximum absolute atomic E-state index is 6.49. The number of nitrogens with zero attached hydrogens (tertiary/aromatic N) is 4. The van der Waals surface area contributed by atoms with Gasteiger partial charge in [-0.15, -0.1) is 0 Å². The Morgan fingerprint density at radius 1 is 1.03 bits per heavy atom. The molecule has 2 unspecified atom stereocenters. The second-order valence-electron chi connectivity index (χ2n) is 8.61. The average molecular weight is 502 g/mol. The Morgan fingerprint density at radius 3 is 2.81 bits per heavy atom. The number of fused-ring (bicyclic) bond motifs is 2. The van der Waals surface area contributed by atoms with Crippen molar-refractivity contribution < 1.29 is 9.47 Å². The highest BCUT2D eigenvalue weighted by Crippen LogP contribution is 2.32. The zero-order valence-corrected chi connectivity index (χ0v) is 20.1. The molecule has 3 N–H and O–H groups in total. The van der Waals surface area contributed by atoms with Crippen molar-refractivity contribution in [2.45, 2.75) is 25.2 Å². The number of piperidine rings is 1. The van der Waals surface area contributed by atoms with E-state index in [1.807, 2.05) is 54.6 Å². The highest BCUT2D eigenvalue weighted by atomic mass is 35.5. The molecule has 36 heavy (non-hydrogen) atoms. The average Bonchev–Trinajstić information content (AvgIpc) is 3.31. The first kappa shape index (κ1) is 22.5. The van der Waals surface area contributed by atoms with Crippen LogP contribution in [0.2, 0.25) is 5.02 Å². The van der Waals surface area contributed by atoms with Crippen molar-refractivity contribution in [1.82, 2.24) is 20.3 Å². The molecule has 9 nitrogen and oxygen atoms in total. The van der Waals surface area contributed by atoms with E-state index in [4.69, 9.17) is 26.1 Å². The van der Waals surface area contributed by atoms with Crippen molar-refractivity contribution in [1.29, 1.82) is 0 Å². The predicted molar refractivity (Wildman–Crippen MR) is 140 cm³/mol. The molecule has 6 rings (SSSR count). The van der Waals surface area contributed by atoms with E-state index in [1.54, 1.807) is 6.20 Å². The maximum atomic E-state index is 6.49. The fraction of sp³-hybridized carbons (Fsp3) is 0.231. The van der Waals surface area contributed by atoms with Crippen molar-refractivity contribution in [3.05, 3.63) is 77.8 Å². The molecule has 2 aliphatic heterocycles. The van der Waals surface area contributed by atoms with Gasteiger partial charge in [0.05, 0.1) is 22.3 Å². The van der Waals surface area contributed by atoms with Crippen molar-refractivity contribution in [3.8, 4) is 5.75 Å². The van der Waals surface area contributed by atoms with Crippen molar-refractivity contribution >= 4 is 45.7 Å². The molecule has 0 bridgehead atoms. The fourth-order valence-electron chi connectivity index (χ4n) is 4.30. The molecule has 0 aliphatic carbocycles. The van der Waals surface area contributed by atoms with Gasteiger partial charge >= 0.3 is 0 Å². The van der Waals surface area contributed by atoms with Crippen LogP contribution in [0.4, 0.5) is 17.2 Å². The third kappa shape index (κ3) is 4.89. The molecule has 2 aromatic heterocycles. The highest BCUT2D eigenvalue weighted by molar-refractivity contribution is 6.32. The van der Waals surface area contributed by atoms with E-state index in [0.29, 0.717) is 29.2 Å². The summed E-state index contributed by atoms with van der Waals surface area (Å²) >= 11 is 6.49. The zero-order valence-electron chi connectivity index (χ0n) is 19.3. The summed E-state index contributed by atoms with van der Waals surface area (Å²) < 4.78 is 11.8. The number of aromatic nitrogens is 3. The number of halogens is 1. The summed E-state index contributed by atoms with van der Waals surface area (Å²) in [6.45, 7) is 2.12. The van der Waals surface area contributed by atoms with Crippen LogP contribution in [0.25, 0.3) is 10.9 Å². The van der Waals surface area contributed by atoms with E-state index < -0.39 is 0 Å². The Hall–Kier alpha value is -3.95. The molecular formula is C26H24ClN7O2. The number of anilines is 3. The van der Waals surface area contributed by atoms with Gasteiger partial charge in [-0.1, -0.05) is 17.7 Å². The Balaban J connectivity index is 1.18. The number of pyridine rings is 1. The summed E-state index contributed by atoms with van der Waals surface area (Å²) in [6.07, 6.45) is 4.33. The molecule has 10 heteroatoms. The normalized spacial score (nSPS) is 18.8. The number of rotatable bonds is 6. The molecule has 4 heterocycles. The topological polar surface area (TPSA) is 106 Å². The van der Waals surface area contributed by atoms with Crippen LogP contribution in [-0.2, 0) is 11.3 Å². The van der Waals surface area contributed by atoms with Gasteiger partial charge in [-0.05, 0) is 61.5 Å². The van der Waals surface area contributed by atoms with Gasteiger partial charge in [0, 0.05) is 29.5 Å². The number of aliphatic imine (C=N–C) groups is 1. The van der Waals surface area contributed by atoms with Gasteiger partial charge < -0.3 is 25.4 Å². The Labute approximate surface area is 213 Å². The van der Waals surface area contributed by atoms with Crippen LogP contribution in [-0.4, -0.2) is 46.2 Å². The van der Waals surface area contributed by atoms with Gasteiger partial charge in [0.15, 0.2) is 0 Å². The third-order valence-electron chi connectivity index (χ3n) is 6.12. The van der Waals surface area contributed by atoms with Crippen LogP contribution >= 0.6 is 11.6 Å². The minimum Gasteiger partial charge on any atom is -0.486 e. The van der Waals surface area contributed by atoms with Gasteiger partial charge in [-0.2, -0.15) is 0 Å². The molecular weight excluding hydrogens is 478 g/mol. The minimum absolute atomic E-state index is 0.0860. The molecule has 0 radical (unpaired) electrons. The largest absolute Gasteiger partial charge is 0.486 e. The van der Waals surface area contributed by atoms with Gasteiger partial charge in [0.2, 0.25) is 0 Å². The summed E-state index contributed by atoms with van der Waals surface area (Å²) in [5, 5.41) is 11.3. The van der Waals surface area contributed by atoms with Gasteiger partial charge in [0.25, 0.3) is 6.02 Å². The minimum atomic E-state index is 0.0860. The van der Waals surface area contributed by atoms with E-state index in [2.05, 4.69) is 30.9 Å². The molecule has 2 aliphatic rings. The van der Waals surface area contributed by atoms with Crippen LogP contribution in [0.5, 0.6) is 5.75 Å². The summed E-state index contributed by atoms with van der Waals surface area (Å²) in [5.74, 6) is 1.24. The number of benzene rings is 2. The lowest BCUT2D eigenvalue weighted by Crippen LogP contribution is -2.42. The number of hydrogen-bond donors (Lipinski definition) is 3. The zero-order chi connectivity index (χ0) is 24.3. The smallest absolute Gasteiger partial charge is 0.290 e. The Morgan fingerprint density at radius 2 is 1.94 bits per heavy atom. The van der Waals surface area contributed by atoms with Crippen LogP contribution in [0.3, 0.4) is 0 Å². The quantitative estimate of drug-likeness (QED) is 0.354. The monoisotopic (exact) mass is 501 g/mol. The Kier molecular flexibility index (Phi) is 6.23. The standard InChI is InChI=1S/C26H24ClN7O2/c27-20-12-17(5-7-23(20)35-14-18-3-1-2-9-29-18)32-25-19-11-16(4-6-21(19)30-15-31-25)33-26-34-22-8-10-28-13-24(22)36-26/h1-7,9,11-12,15,22,24,28H,8,10,13-14H2,(H,33,34)(H,30,31,32). The van der Waals surface area contributed by atoms with Crippen LogP contribution in [0.15, 0.2) is 72.1 Å². The molecule has 182 valence electrons. The van der Waals surface area contributed by atoms with E-state index in [0.717, 1.165) is 47.5 Å². The highest BCUT2D eigenvalue weighted by Gasteiger charge is 2.33. The van der Waals surface area contributed by atoms with Gasteiger partial charge in [-0.3, -0.25) is 4.98 Å². The first-order valence-electron chi connectivity index (χ1n) is 11.8. The molecule has 0 saturated carbocycles. The van der Waals surface area contributed by atoms with Gasteiger partial charge in [-0.25, -0.2) is 15.0 Å². The van der Waals surface area contributed by atoms with Crippen molar-refractivity contribution in [2.24, 2.45) is 4.99 Å². The van der Waals surface area contributed by atoms with Crippen LogP contribution in [0.1, 0.15) is 12.1 Å². The first-order valence-corrected chi connectivity index (χ1v) is 12.2. The predicted octanol–water partition coefficient (Wildman–Crippen LogP) is 4.53. The second-order valence-corrected chi connectivity index (χ2v) is 9.02. The molecule has 2 aromatic carbocycles. The van der Waals surface area contributed by atoms with Crippen molar-refractivity contribution in [2.75, 3.05) is 23.7 Å².